The van der Waals surface area contributed by atoms with E-state index in [1.54, 1.807) is 7.11 Å². The van der Waals surface area contributed by atoms with E-state index in [9.17, 15) is 4.79 Å². The van der Waals surface area contributed by atoms with Gasteiger partial charge in [-0.05, 0) is 59.0 Å². The summed E-state index contributed by atoms with van der Waals surface area (Å²) in [5.74, 6) is 1.11. The van der Waals surface area contributed by atoms with E-state index in [0.717, 1.165) is 41.0 Å². The van der Waals surface area contributed by atoms with Crippen LogP contribution in [0.1, 0.15) is 36.4 Å². The van der Waals surface area contributed by atoms with Gasteiger partial charge in [-0.2, -0.15) is 0 Å². The lowest BCUT2D eigenvalue weighted by Gasteiger charge is -2.35. The minimum atomic E-state index is 0.0313. The molecule has 0 bridgehead atoms. The summed E-state index contributed by atoms with van der Waals surface area (Å²) in [7, 11) is 1.68. The molecule has 1 unspecified atom stereocenters. The number of nitrogens with one attached hydrogen (secondary N) is 1. The second kappa shape index (κ2) is 6.27. The Hall–Kier alpha value is -3.07. The number of benzene rings is 3. The Morgan fingerprint density at radius 3 is 2.44 bits per heavy atom. The highest BCUT2D eigenvalue weighted by Crippen LogP contribution is 2.46. The zero-order chi connectivity index (χ0) is 18.4. The highest BCUT2D eigenvalue weighted by molar-refractivity contribution is 6.25. The number of ether oxygens (including phenoxy) is 1. The Morgan fingerprint density at radius 1 is 0.963 bits per heavy atom. The van der Waals surface area contributed by atoms with Crippen LogP contribution in [0, 0.1) is 0 Å². The third kappa shape index (κ3) is 2.62. The highest BCUT2D eigenvalue weighted by Gasteiger charge is 2.33. The van der Waals surface area contributed by atoms with E-state index in [-0.39, 0.29) is 11.8 Å². The van der Waals surface area contributed by atoms with Gasteiger partial charge < -0.3 is 10.1 Å². The fourth-order valence-electron chi connectivity index (χ4n) is 4.37. The standard InChI is InChI=1S/C24H21NO2/c1-27-18-11-9-15(10-12-18)24-19-7-4-8-22(26)23(19)20-13-16-5-2-3-6-17(16)14-21(20)25-24/h2-3,5-6,9-14,24-25H,4,7-8H2,1H3. The van der Waals surface area contributed by atoms with Crippen molar-refractivity contribution in [2.45, 2.75) is 25.3 Å². The first-order valence-corrected chi connectivity index (χ1v) is 9.44. The Labute approximate surface area is 158 Å². The molecule has 3 nitrogen and oxygen atoms in total. The van der Waals surface area contributed by atoms with Crippen molar-refractivity contribution in [1.29, 1.82) is 0 Å². The van der Waals surface area contributed by atoms with E-state index in [0.29, 0.717) is 6.42 Å². The predicted molar refractivity (Wildman–Crippen MR) is 109 cm³/mol. The van der Waals surface area contributed by atoms with Crippen molar-refractivity contribution in [3.63, 3.8) is 0 Å². The molecule has 0 aromatic heterocycles. The monoisotopic (exact) mass is 355 g/mol. The molecule has 0 spiro atoms. The summed E-state index contributed by atoms with van der Waals surface area (Å²) in [5, 5.41) is 6.07. The number of hydrogen-bond donors (Lipinski definition) is 1. The first-order chi connectivity index (χ1) is 13.2. The Balaban J connectivity index is 1.70. The molecule has 1 heterocycles. The van der Waals surface area contributed by atoms with Crippen LogP contribution in [0.4, 0.5) is 5.69 Å². The maximum atomic E-state index is 12.9. The van der Waals surface area contributed by atoms with Gasteiger partial charge in [0, 0.05) is 23.2 Å². The van der Waals surface area contributed by atoms with Crippen LogP contribution < -0.4 is 10.1 Å². The molecule has 0 radical (unpaired) electrons. The van der Waals surface area contributed by atoms with Crippen LogP contribution in [-0.2, 0) is 4.79 Å². The summed E-state index contributed by atoms with van der Waals surface area (Å²) in [5.41, 5.74) is 5.42. The zero-order valence-electron chi connectivity index (χ0n) is 15.3. The minimum Gasteiger partial charge on any atom is -0.497 e. The number of Topliss-reactive ketones (excluding diaryl/α,β-unsaturated/α-hetero) is 1. The van der Waals surface area contributed by atoms with E-state index >= 15 is 0 Å². The van der Waals surface area contributed by atoms with Crippen LogP contribution in [0.2, 0.25) is 0 Å². The summed E-state index contributed by atoms with van der Waals surface area (Å²) in [6.07, 6.45) is 2.52. The first kappa shape index (κ1) is 16.1. The van der Waals surface area contributed by atoms with Crippen molar-refractivity contribution in [2.24, 2.45) is 0 Å². The van der Waals surface area contributed by atoms with E-state index < -0.39 is 0 Å². The quantitative estimate of drug-likeness (QED) is 0.657. The number of rotatable bonds is 2. The van der Waals surface area contributed by atoms with Crippen LogP contribution in [0.15, 0.2) is 66.2 Å². The van der Waals surface area contributed by atoms with Crippen molar-refractivity contribution in [3.05, 3.63) is 77.4 Å². The molecule has 0 saturated carbocycles. The number of hydrogen-bond acceptors (Lipinski definition) is 3. The first-order valence-electron chi connectivity index (χ1n) is 9.44. The van der Waals surface area contributed by atoms with E-state index in [1.807, 2.05) is 18.2 Å². The van der Waals surface area contributed by atoms with Crippen molar-refractivity contribution in [2.75, 3.05) is 12.4 Å². The second-order valence-electron chi connectivity index (χ2n) is 7.27. The number of carbonyl (C=O) groups excluding carboxylic acids is 1. The van der Waals surface area contributed by atoms with Gasteiger partial charge in [-0.15, -0.1) is 0 Å². The average Bonchev–Trinajstić information content (AvgIpc) is 2.72. The van der Waals surface area contributed by atoms with Crippen LogP contribution in [0.25, 0.3) is 16.3 Å². The normalized spacial score (nSPS) is 18.7. The van der Waals surface area contributed by atoms with Crippen molar-refractivity contribution >= 4 is 27.8 Å². The van der Waals surface area contributed by atoms with Crippen LogP contribution >= 0.6 is 0 Å². The van der Waals surface area contributed by atoms with Crippen LogP contribution in [0.5, 0.6) is 5.75 Å². The van der Waals surface area contributed by atoms with Crippen molar-refractivity contribution in [1.82, 2.24) is 0 Å². The van der Waals surface area contributed by atoms with Crippen LogP contribution in [0.3, 0.4) is 0 Å². The lowest BCUT2D eigenvalue weighted by molar-refractivity contribution is -0.114. The molecule has 1 atom stereocenters. The average molecular weight is 355 g/mol. The molecule has 1 N–H and O–H groups in total. The lowest BCUT2D eigenvalue weighted by atomic mass is 9.77. The Morgan fingerprint density at radius 2 is 1.70 bits per heavy atom. The third-order valence-corrected chi connectivity index (χ3v) is 5.70. The van der Waals surface area contributed by atoms with E-state index in [4.69, 9.17) is 4.74 Å². The second-order valence-corrected chi connectivity index (χ2v) is 7.27. The molecule has 0 saturated heterocycles. The van der Waals surface area contributed by atoms with Gasteiger partial charge in [-0.25, -0.2) is 0 Å². The molecule has 5 rings (SSSR count). The maximum Gasteiger partial charge on any atom is 0.163 e. The topological polar surface area (TPSA) is 38.3 Å². The largest absolute Gasteiger partial charge is 0.497 e. The van der Waals surface area contributed by atoms with Crippen molar-refractivity contribution < 1.29 is 9.53 Å². The van der Waals surface area contributed by atoms with Crippen molar-refractivity contribution in [3.8, 4) is 5.75 Å². The highest BCUT2D eigenvalue weighted by atomic mass is 16.5. The number of methoxy groups -OCH3 is 1. The van der Waals surface area contributed by atoms with Crippen LogP contribution in [-0.4, -0.2) is 12.9 Å². The smallest absolute Gasteiger partial charge is 0.163 e. The molecular weight excluding hydrogens is 334 g/mol. The fraction of sp³-hybridized carbons (Fsp3) is 0.208. The Kier molecular flexibility index (Phi) is 3.75. The molecule has 3 heteroatoms. The molecule has 134 valence electrons. The summed E-state index contributed by atoms with van der Waals surface area (Å²) in [6, 6.07) is 20.8. The molecule has 27 heavy (non-hydrogen) atoms. The molecule has 1 aliphatic heterocycles. The number of anilines is 1. The third-order valence-electron chi connectivity index (χ3n) is 5.70. The van der Waals surface area contributed by atoms with Gasteiger partial charge in [0.2, 0.25) is 0 Å². The van der Waals surface area contributed by atoms with E-state index in [1.165, 1.54) is 16.3 Å². The number of allylic oxidation sites excluding steroid dienone is 1. The zero-order valence-corrected chi connectivity index (χ0v) is 15.3. The molecule has 0 fully saturated rings. The van der Waals surface area contributed by atoms with E-state index in [2.05, 4.69) is 47.8 Å². The fourth-order valence-corrected chi connectivity index (χ4v) is 4.37. The van der Waals surface area contributed by atoms with Gasteiger partial charge in [-0.1, -0.05) is 36.4 Å². The molecule has 3 aromatic rings. The number of fused-ring (bicyclic) bond motifs is 3. The van der Waals surface area contributed by atoms with Gasteiger partial charge in [0.25, 0.3) is 0 Å². The minimum absolute atomic E-state index is 0.0313. The molecule has 2 aliphatic rings. The molecular formula is C24H21NO2. The maximum absolute atomic E-state index is 12.9. The summed E-state index contributed by atoms with van der Waals surface area (Å²) in [4.78, 5) is 12.9. The summed E-state index contributed by atoms with van der Waals surface area (Å²) >= 11 is 0. The lowest BCUT2D eigenvalue weighted by Crippen LogP contribution is -2.25. The van der Waals surface area contributed by atoms with Gasteiger partial charge in [0.15, 0.2) is 5.78 Å². The number of ketones is 1. The van der Waals surface area contributed by atoms with Gasteiger partial charge in [0.1, 0.15) is 5.75 Å². The Bertz CT molecular complexity index is 1080. The van der Waals surface area contributed by atoms with Gasteiger partial charge >= 0.3 is 0 Å². The van der Waals surface area contributed by atoms with Gasteiger partial charge in [-0.3, -0.25) is 4.79 Å². The summed E-state index contributed by atoms with van der Waals surface area (Å²) in [6.45, 7) is 0. The SMILES string of the molecule is COc1ccc(C2Nc3cc4ccccc4cc3C3=C2CCCC3=O)cc1. The predicted octanol–water partition coefficient (Wildman–Crippen LogP) is 5.52. The molecule has 3 aromatic carbocycles. The van der Waals surface area contributed by atoms with Gasteiger partial charge in [0.05, 0.1) is 13.2 Å². The summed E-state index contributed by atoms with van der Waals surface area (Å²) < 4.78 is 5.30. The number of carbonyl (C=O) groups is 1. The molecule has 0 amide bonds. The molecule has 1 aliphatic carbocycles.